The number of anilines is 1. The highest BCUT2D eigenvalue weighted by atomic mass is 19.1. The number of esters is 1. The number of ether oxygens (including phenoxy) is 1. The number of aryl methyl sites for hydroxylation is 1. The minimum absolute atomic E-state index is 0.000926. The minimum Gasteiger partial charge on any atom is -0.469 e. The van der Waals surface area contributed by atoms with Gasteiger partial charge >= 0.3 is 5.97 Å². The molecule has 1 aromatic rings. The van der Waals surface area contributed by atoms with Crippen molar-refractivity contribution in [2.45, 2.75) is 13.3 Å². The zero-order chi connectivity index (χ0) is 10.7. The number of nitrogen functional groups attached to an aromatic ring is 1. The van der Waals surface area contributed by atoms with Crippen LogP contribution >= 0.6 is 0 Å². The average molecular weight is 197 g/mol. The topological polar surface area (TPSA) is 52.3 Å². The minimum atomic E-state index is -0.496. The summed E-state index contributed by atoms with van der Waals surface area (Å²) in [6.45, 7) is 1.74. The molecule has 76 valence electrons. The standard InChI is InChI=1S/C10H12FNO2/c1-6-3-7(5-9(13)14-2)10(12)8(11)4-6/h3-4H,5,12H2,1-2H3. The first kappa shape index (κ1) is 10.5. The highest BCUT2D eigenvalue weighted by Gasteiger charge is 2.10. The third-order valence-electron chi connectivity index (χ3n) is 1.92. The van der Waals surface area contributed by atoms with Gasteiger partial charge in [0, 0.05) is 0 Å². The maximum Gasteiger partial charge on any atom is 0.310 e. The smallest absolute Gasteiger partial charge is 0.310 e. The van der Waals surface area contributed by atoms with Crippen LogP contribution in [0.2, 0.25) is 0 Å². The molecule has 0 bridgehead atoms. The van der Waals surface area contributed by atoms with Gasteiger partial charge in [-0.15, -0.1) is 0 Å². The molecule has 0 aromatic heterocycles. The molecule has 1 rings (SSSR count). The lowest BCUT2D eigenvalue weighted by Crippen LogP contribution is -2.08. The first-order chi connectivity index (χ1) is 6.54. The number of methoxy groups -OCH3 is 1. The van der Waals surface area contributed by atoms with Crippen LogP contribution in [0.1, 0.15) is 11.1 Å². The molecule has 0 heterocycles. The number of hydrogen-bond donors (Lipinski definition) is 1. The van der Waals surface area contributed by atoms with E-state index < -0.39 is 11.8 Å². The van der Waals surface area contributed by atoms with E-state index in [-0.39, 0.29) is 12.1 Å². The van der Waals surface area contributed by atoms with Crippen LogP contribution < -0.4 is 5.73 Å². The molecule has 0 fully saturated rings. The van der Waals surface area contributed by atoms with Gasteiger partial charge in [-0.05, 0) is 24.1 Å². The number of rotatable bonds is 2. The van der Waals surface area contributed by atoms with Crippen molar-refractivity contribution in [3.63, 3.8) is 0 Å². The van der Waals surface area contributed by atoms with E-state index >= 15 is 0 Å². The summed E-state index contributed by atoms with van der Waals surface area (Å²) in [7, 11) is 1.28. The Morgan fingerprint density at radius 2 is 2.21 bits per heavy atom. The van der Waals surface area contributed by atoms with Crippen molar-refractivity contribution in [3.05, 3.63) is 29.1 Å². The van der Waals surface area contributed by atoms with E-state index in [9.17, 15) is 9.18 Å². The largest absolute Gasteiger partial charge is 0.469 e. The third kappa shape index (κ3) is 2.22. The SMILES string of the molecule is COC(=O)Cc1cc(C)cc(F)c1N. The molecule has 4 heteroatoms. The molecular formula is C10H12FNO2. The number of carbonyl (C=O) groups excluding carboxylic acids is 1. The molecule has 1 aromatic carbocycles. The van der Waals surface area contributed by atoms with Crippen molar-refractivity contribution in [1.82, 2.24) is 0 Å². The van der Waals surface area contributed by atoms with Gasteiger partial charge in [-0.2, -0.15) is 0 Å². The third-order valence-corrected chi connectivity index (χ3v) is 1.92. The number of carbonyl (C=O) groups is 1. The Morgan fingerprint density at radius 3 is 2.79 bits per heavy atom. The van der Waals surface area contributed by atoms with Crippen LogP contribution in [0, 0.1) is 12.7 Å². The highest BCUT2D eigenvalue weighted by Crippen LogP contribution is 2.19. The van der Waals surface area contributed by atoms with Crippen LogP contribution in [0.5, 0.6) is 0 Å². The van der Waals surface area contributed by atoms with Gasteiger partial charge in [0.1, 0.15) is 5.82 Å². The normalized spacial score (nSPS) is 9.93. The molecule has 14 heavy (non-hydrogen) atoms. The van der Waals surface area contributed by atoms with Crippen LogP contribution in [0.3, 0.4) is 0 Å². The molecule has 3 nitrogen and oxygen atoms in total. The number of nitrogens with two attached hydrogens (primary N) is 1. The molecule has 0 aliphatic rings. The van der Waals surface area contributed by atoms with E-state index in [1.165, 1.54) is 13.2 Å². The lowest BCUT2D eigenvalue weighted by molar-refractivity contribution is -0.139. The summed E-state index contributed by atoms with van der Waals surface area (Å²) in [6.07, 6.45) is 0.000926. The number of halogens is 1. The predicted molar refractivity (Wildman–Crippen MR) is 51.3 cm³/mol. The molecule has 0 spiro atoms. The molecular weight excluding hydrogens is 185 g/mol. The van der Waals surface area contributed by atoms with E-state index in [0.717, 1.165) is 5.56 Å². The van der Waals surface area contributed by atoms with Crippen molar-refractivity contribution in [2.24, 2.45) is 0 Å². The van der Waals surface area contributed by atoms with Crippen molar-refractivity contribution in [1.29, 1.82) is 0 Å². The van der Waals surface area contributed by atoms with E-state index in [1.54, 1.807) is 13.0 Å². The van der Waals surface area contributed by atoms with E-state index in [4.69, 9.17) is 5.73 Å². The molecule has 0 saturated carbocycles. The molecule has 0 atom stereocenters. The lowest BCUT2D eigenvalue weighted by atomic mass is 10.1. The first-order valence-corrected chi connectivity index (χ1v) is 4.16. The highest BCUT2D eigenvalue weighted by molar-refractivity contribution is 5.75. The van der Waals surface area contributed by atoms with Crippen LogP contribution in [-0.4, -0.2) is 13.1 Å². The summed E-state index contributed by atoms with van der Waals surface area (Å²) in [4.78, 5) is 11.0. The summed E-state index contributed by atoms with van der Waals surface area (Å²) in [5.74, 6) is -0.925. The van der Waals surface area contributed by atoms with Gasteiger partial charge in [0.2, 0.25) is 0 Å². The fourth-order valence-electron chi connectivity index (χ4n) is 1.20. The van der Waals surface area contributed by atoms with E-state index in [2.05, 4.69) is 4.74 Å². The number of hydrogen-bond acceptors (Lipinski definition) is 3. The van der Waals surface area contributed by atoms with Crippen molar-refractivity contribution in [3.8, 4) is 0 Å². The molecule has 0 aliphatic heterocycles. The van der Waals surface area contributed by atoms with Gasteiger partial charge in [-0.3, -0.25) is 4.79 Å². The van der Waals surface area contributed by atoms with Crippen molar-refractivity contribution >= 4 is 11.7 Å². The van der Waals surface area contributed by atoms with Gasteiger partial charge in [0.15, 0.2) is 0 Å². The lowest BCUT2D eigenvalue weighted by Gasteiger charge is -2.06. The summed E-state index contributed by atoms with van der Waals surface area (Å²) in [5.41, 5.74) is 6.69. The van der Waals surface area contributed by atoms with Crippen LogP contribution in [-0.2, 0) is 16.0 Å². The van der Waals surface area contributed by atoms with E-state index in [0.29, 0.717) is 5.56 Å². The molecule has 0 aliphatic carbocycles. The summed E-state index contributed by atoms with van der Waals surface area (Å²) in [6, 6.07) is 3.01. The summed E-state index contributed by atoms with van der Waals surface area (Å²) < 4.78 is 17.6. The fraction of sp³-hybridized carbons (Fsp3) is 0.300. The van der Waals surface area contributed by atoms with Gasteiger partial charge in [0.05, 0.1) is 19.2 Å². The molecule has 0 amide bonds. The van der Waals surface area contributed by atoms with Crippen LogP contribution in [0.15, 0.2) is 12.1 Å². The zero-order valence-corrected chi connectivity index (χ0v) is 8.13. The van der Waals surface area contributed by atoms with Crippen molar-refractivity contribution < 1.29 is 13.9 Å². The predicted octanol–water partition coefficient (Wildman–Crippen LogP) is 1.43. The van der Waals surface area contributed by atoms with Gasteiger partial charge in [-0.1, -0.05) is 6.07 Å². The molecule has 2 N–H and O–H groups in total. The van der Waals surface area contributed by atoms with Gasteiger partial charge in [-0.25, -0.2) is 4.39 Å². The number of benzene rings is 1. The molecule has 0 saturated heterocycles. The quantitative estimate of drug-likeness (QED) is 0.576. The summed E-state index contributed by atoms with van der Waals surface area (Å²) in [5, 5.41) is 0. The van der Waals surface area contributed by atoms with E-state index in [1.807, 2.05) is 0 Å². The Labute approximate surface area is 81.7 Å². The Kier molecular flexibility index (Phi) is 3.06. The maximum atomic E-state index is 13.1. The Balaban J connectivity index is 3.02. The second kappa shape index (κ2) is 4.09. The Bertz CT molecular complexity index is 363. The zero-order valence-electron chi connectivity index (χ0n) is 8.13. The molecule has 0 unspecified atom stereocenters. The Morgan fingerprint density at radius 1 is 1.57 bits per heavy atom. The second-order valence-electron chi connectivity index (χ2n) is 3.07. The molecule has 0 radical (unpaired) electrons. The van der Waals surface area contributed by atoms with Gasteiger partial charge in [0.25, 0.3) is 0 Å². The summed E-state index contributed by atoms with van der Waals surface area (Å²) >= 11 is 0. The van der Waals surface area contributed by atoms with Crippen LogP contribution in [0.4, 0.5) is 10.1 Å². The average Bonchev–Trinajstić information content (AvgIpc) is 2.13. The fourth-order valence-corrected chi connectivity index (χ4v) is 1.20. The van der Waals surface area contributed by atoms with Crippen molar-refractivity contribution in [2.75, 3.05) is 12.8 Å². The first-order valence-electron chi connectivity index (χ1n) is 4.16. The van der Waals surface area contributed by atoms with Gasteiger partial charge < -0.3 is 10.5 Å². The second-order valence-corrected chi connectivity index (χ2v) is 3.07. The Hall–Kier alpha value is -1.58. The monoisotopic (exact) mass is 197 g/mol. The van der Waals surface area contributed by atoms with Crippen LogP contribution in [0.25, 0.3) is 0 Å². The maximum absolute atomic E-state index is 13.1.